The van der Waals surface area contributed by atoms with Gasteiger partial charge in [0.2, 0.25) is 0 Å². The van der Waals surface area contributed by atoms with Crippen LogP contribution in [0, 0.1) is 71.0 Å². The third-order valence-corrected chi connectivity index (χ3v) is 27.1. The fourth-order valence-corrected chi connectivity index (χ4v) is 19.4. The molecule has 6 unspecified atom stereocenters. The van der Waals surface area contributed by atoms with E-state index in [0.29, 0.717) is 0 Å². The van der Waals surface area contributed by atoms with Gasteiger partial charge in [-0.25, -0.2) is 0 Å². The lowest BCUT2D eigenvalue weighted by Crippen LogP contribution is -2.13. The van der Waals surface area contributed by atoms with Gasteiger partial charge in [0.05, 0.1) is 0 Å². The molecule has 0 nitrogen and oxygen atoms in total. The van der Waals surface area contributed by atoms with Crippen molar-refractivity contribution in [3.8, 4) is 0 Å². The average molecular weight is 1170 g/mol. The molecule has 6 saturated carbocycles. The minimum absolute atomic E-state index is 1.02. The van der Waals surface area contributed by atoms with Gasteiger partial charge in [0.15, 0.2) is 0 Å². The highest BCUT2D eigenvalue weighted by Crippen LogP contribution is 2.36. The van der Waals surface area contributed by atoms with Crippen LogP contribution in [0.1, 0.15) is 300 Å². The Balaban J connectivity index is 0.000000457. The topological polar surface area (TPSA) is 0 Å². The largest absolute Gasteiger partial charge is 0.125 e. The number of rotatable bonds is 28. The predicted octanol–water partition coefficient (Wildman–Crippen LogP) is 25.0. The molecule has 0 aromatic rings. The Morgan fingerprint density at radius 1 is 0.237 bits per heavy atom. The molecule has 6 heteroatoms. The number of unbranched alkanes of at least 4 members (excludes halogenated alkanes) is 4. The summed E-state index contributed by atoms with van der Waals surface area (Å²) in [7, 11) is 7.30. The van der Waals surface area contributed by atoms with Crippen molar-refractivity contribution in [2.45, 2.75) is 300 Å². The Bertz CT molecular complexity index is 1020. The Kier molecular flexibility index (Phi) is 55.9. The Morgan fingerprint density at radius 3 is 0.882 bits per heavy atom. The molecule has 0 aliphatic heterocycles. The van der Waals surface area contributed by atoms with Crippen LogP contribution in [-0.2, 0) is 0 Å². The summed E-state index contributed by atoms with van der Waals surface area (Å²) >= 11 is 0. The molecule has 6 fully saturated rings. The first-order valence-electron chi connectivity index (χ1n) is 35.0. The van der Waals surface area contributed by atoms with Crippen molar-refractivity contribution in [2.24, 2.45) is 71.0 Å². The first-order chi connectivity index (χ1) is 37.0. The standard InChI is InChI=1S/3C13H27P.2C11H23P.C9H19P/c1-12-7-9-13(10-8-12)6-4-3-5-11-14-2;1-3-10-14-11-4-5-13-8-6-12(2)7-9-13;1-3-4-5-10-14-11-13-8-6-12(2)7-9-13;1-10-5-7-11(8-6-10)4-3-9-12-2;1-3-8-12-9-11-6-4-10(2)5-7-11;1-8-3-5-9(6-4-8)7-10-2/h3*12-14H,3-11H2,1-2H3;2*10-12H,3-9H2,1-2H3;8-10H,3-7H2,1-2H3. The van der Waals surface area contributed by atoms with Gasteiger partial charge in [0.25, 0.3) is 0 Å². The smallest absolute Gasteiger partial charge is 0.0325 e. The summed E-state index contributed by atoms with van der Waals surface area (Å²) in [5.74, 6) is 12.7. The highest BCUT2D eigenvalue weighted by atomic mass is 31.1. The molecular formula is C70H146P6. The average Bonchev–Trinajstić information content (AvgIpc) is 3.43. The predicted molar refractivity (Wildman–Crippen MR) is 375 cm³/mol. The highest BCUT2D eigenvalue weighted by Gasteiger charge is 2.21. The number of hydrogen-bond donors (Lipinski definition) is 0. The van der Waals surface area contributed by atoms with Crippen molar-refractivity contribution in [2.75, 3.05) is 75.5 Å². The molecule has 0 N–H and O–H groups in total. The molecule has 6 aliphatic rings. The van der Waals surface area contributed by atoms with Crippen molar-refractivity contribution in [1.82, 2.24) is 0 Å². The summed E-state index contributed by atoms with van der Waals surface area (Å²) < 4.78 is 0. The summed E-state index contributed by atoms with van der Waals surface area (Å²) in [6, 6.07) is 0. The minimum Gasteiger partial charge on any atom is -0.125 e. The maximum absolute atomic E-state index is 2.42. The van der Waals surface area contributed by atoms with Crippen LogP contribution in [0.2, 0.25) is 0 Å². The third-order valence-electron chi connectivity index (χ3n) is 19.5. The van der Waals surface area contributed by atoms with E-state index in [-0.39, 0.29) is 0 Å². The summed E-state index contributed by atoms with van der Waals surface area (Å²) in [5.41, 5.74) is 0. The van der Waals surface area contributed by atoms with Crippen LogP contribution in [0.25, 0.3) is 0 Å². The maximum Gasteiger partial charge on any atom is -0.0325 e. The Labute approximate surface area is 494 Å². The van der Waals surface area contributed by atoms with E-state index in [2.05, 4.69) is 82.3 Å². The molecule has 0 saturated heterocycles. The third kappa shape index (κ3) is 46.9. The van der Waals surface area contributed by atoms with Gasteiger partial charge >= 0.3 is 0 Å². The van der Waals surface area contributed by atoms with E-state index >= 15 is 0 Å². The zero-order chi connectivity index (χ0) is 55.7. The van der Waals surface area contributed by atoms with E-state index in [1.807, 2.05) is 0 Å². The second-order valence-electron chi connectivity index (χ2n) is 27.5. The monoisotopic (exact) mass is 1170 g/mol. The molecule has 6 rings (SSSR count). The quantitative estimate of drug-likeness (QED) is 0.0541. The second-order valence-corrected chi connectivity index (χ2v) is 35.4. The molecule has 0 heterocycles. The second kappa shape index (κ2) is 55.5. The van der Waals surface area contributed by atoms with Crippen molar-refractivity contribution in [3.05, 3.63) is 0 Å². The van der Waals surface area contributed by atoms with Crippen molar-refractivity contribution < 1.29 is 0 Å². The molecule has 456 valence electrons. The Morgan fingerprint density at radius 2 is 0.526 bits per heavy atom. The van der Waals surface area contributed by atoms with Gasteiger partial charge in [0, 0.05) is 0 Å². The normalized spacial score (nSPS) is 30.5. The van der Waals surface area contributed by atoms with Gasteiger partial charge in [-0.05, 0) is 211 Å². The van der Waals surface area contributed by atoms with Crippen molar-refractivity contribution >= 4 is 51.5 Å². The van der Waals surface area contributed by atoms with Gasteiger partial charge < -0.3 is 0 Å². The zero-order valence-corrected chi connectivity index (χ0v) is 60.5. The Hall–Kier alpha value is 2.58. The van der Waals surface area contributed by atoms with Gasteiger partial charge in [-0.3, -0.25) is 0 Å². The molecule has 76 heavy (non-hydrogen) atoms. The summed E-state index contributed by atoms with van der Waals surface area (Å²) in [6.45, 7) is 28.3. The summed E-state index contributed by atoms with van der Waals surface area (Å²) in [6.07, 6.45) is 69.0. The molecule has 6 aliphatic carbocycles. The van der Waals surface area contributed by atoms with Crippen LogP contribution in [0.3, 0.4) is 0 Å². The van der Waals surface area contributed by atoms with Crippen molar-refractivity contribution in [3.63, 3.8) is 0 Å². The fraction of sp³-hybridized carbons (Fsp3) is 1.00. The fourth-order valence-electron chi connectivity index (χ4n) is 13.3. The summed E-state index contributed by atoms with van der Waals surface area (Å²) in [5, 5.41) is 0. The molecule has 0 spiro atoms. The lowest BCUT2D eigenvalue weighted by atomic mass is 9.80. The van der Waals surface area contributed by atoms with Crippen LogP contribution < -0.4 is 0 Å². The van der Waals surface area contributed by atoms with Crippen LogP contribution in [0.4, 0.5) is 0 Å². The van der Waals surface area contributed by atoms with E-state index in [1.165, 1.54) is 332 Å². The zero-order valence-electron chi connectivity index (χ0n) is 54.5. The van der Waals surface area contributed by atoms with Crippen LogP contribution >= 0.6 is 51.5 Å². The lowest BCUT2D eigenvalue weighted by Gasteiger charge is -2.25. The molecular weight excluding hydrogens is 1030 g/mol. The molecule has 0 bridgehead atoms. The SMILES string of the molecule is CCCCCPCC1CCC(C)CC1.CCCPCC1CCC(C)CC1.CCCPCCCC1CCC(C)CC1.CPCC1CCC(C)CC1.CPCCCC1CCC(C)CC1.CPCCCCCC1CCC(C)CC1. The van der Waals surface area contributed by atoms with Crippen LogP contribution in [0.15, 0.2) is 0 Å². The first-order valence-corrected chi connectivity index (χ1v) is 44.4. The van der Waals surface area contributed by atoms with Gasteiger partial charge in [-0.2, -0.15) is 0 Å². The van der Waals surface area contributed by atoms with E-state index in [1.54, 1.807) is 12.3 Å². The van der Waals surface area contributed by atoms with E-state index in [0.717, 1.165) is 71.0 Å². The van der Waals surface area contributed by atoms with Gasteiger partial charge in [0.1, 0.15) is 0 Å². The van der Waals surface area contributed by atoms with E-state index in [9.17, 15) is 0 Å². The van der Waals surface area contributed by atoms with E-state index in [4.69, 9.17) is 0 Å². The molecule has 0 amide bonds. The van der Waals surface area contributed by atoms with Crippen LogP contribution in [0.5, 0.6) is 0 Å². The molecule has 0 aromatic heterocycles. The molecule has 0 aromatic carbocycles. The lowest BCUT2D eigenvalue weighted by molar-refractivity contribution is 0.272. The van der Waals surface area contributed by atoms with Crippen LogP contribution in [-0.4, -0.2) is 75.5 Å². The number of hydrogen-bond acceptors (Lipinski definition) is 0. The summed E-state index contributed by atoms with van der Waals surface area (Å²) in [4.78, 5) is 0. The first kappa shape index (κ1) is 76.6. The maximum atomic E-state index is 2.42. The van der Waals surface area contributed by atoms with Crippen molar-refractivity contribution in [1.29, 1.82) is 0 Å². The molecule has 6 atom stereocenters. The minimum atomic E-state index is 1.02. The van der Waals surface area contributed by atoms with E-state index < -0.39 is 0 Å². The molecule has 0 radical (unpaired) electrons. The highest BCUT2D eigenvalue weighted by molar-refractivity contribution is 7.38. The van der Waals surface area contributed by atoms with Gasteiger partial charge in [-0.15, -0.1) is 51.5 Å². The van der Waals surface area contributed by atoms with Gasteiger partial charge in [-0.1, -0.05) is 236 Å².